The summed E-state index contributed by atoms with van der Waals surface area (Å²) in [5.74, 6) is 0.894. The van der Waals surface area contributed by atoms with Crippen molar-refractivity contribution in [1.82, 2.24) is 4.98 Å². The molecule has 1 aliphatic heterocycles. The Bertz CT molecular complexity index is 673. The molecule has 1 aromatic heterocycles. The monoisotopic (exact) mass is 389 g/mol. The maximum atomic E-state index is 11.7. The lowest BCUT2D eigenvalue weighted by atomic mass is 9.98. The van der Waals surface area contributed by atoms with E-state index in [0.717, 1.165) is 24.4 Å². The van der Waals surface area contributed by atoms with Crippen LogP contribution in [-0.2, 0) is 12.3 Å². The smallest absolute Gasteiger partial charge is 0.397 e. The molecule has 2 aliphatic rings. The van der Waals surface area contributed by atoms with Gasteiger partial charge in [-0.25, -0.2) is 9.47 Å². The first-order valence-electron chi connectivity index (χ1n) is 8.71. The molecule has 0 spiro atoms. The van der Waals surface area contributed by atoms with E-state index in [0.29, 0.717) is 12.6 Å². The van der Waals surface area contributed by atoms with Gasteiger partial charge in [0.15, 0.2) is 0 Å². The van der Waals surface area contributed by atoms with E-state index in [1.54, 1.807) is 0 Å². The Hall–Kier alpha value is -1.46. The molecule has 4 rings (SSSR count). The van der Waals surface area contributed by atoms with E-state index in [2.05, 4.69) is 14.5 Å². The highest BCUT2D eigenvalue weighted by Crippen LogP contribution is 2.38. The van der Waals surface area contributed by atoms with E-state index in [1.165, 1.54) is 25.7 Å². The van der Waals surface area contributed by atoms with Gasteiger partial charge in [0.2, 0.25) is 5.72 Å². The van der Waals surface area contributed by atoms with Crippen molar-refractivity contribution in [3.63, 3.8) is 0 Å². The quantitative estimate of drug-likeness (QED) is 0.569. The number of fused-ring (bicyclic) bond motifs is 1. The van der Waals surface area contributed by atoms with Crippen LogP contribution in [-0.4, -0.2) is 16.1 Å². The SMILES string of the molecule is O[C@@]1(c2ccccc2)C[n+]2cccnc2N1C1CCCCCC1.[Br-]. The molecule has 2 aromatic rings. The Labute approximate surface area is 153 Å². The van der Waals surface area contributed by atoms with Crippen LogP contribution in [0.5, 0.6) is 0 Å². The highest BCUT2D eigenvalue weighted by molar-refractivity contribution is 5.39. The normalized spacial score (nSPS) is 24.1. The van der Waals surface area contributed by atoms with Gasteiger partial charge in [-0.3, -0.25) is 0 Å². The second-order valence-corrected chi connectivity index (χ2v) is 6.75. The number of halogens is 1. The van der Waals surface area contributed by atoms with E-state index in [4.69, 9.17) is 0 Å². The molecule has 1 fully saturated rings. The molecule has 0 bridgehead atoms. The summed E-state index contributed by atoms with van der Waals surface area (Å²) in [4.78, 5) is 6.78. The average molecular weight is 390 g/mol. The molecular formula is C19H24BrN3O. The molecule has 5 heteroatoms. The van der Waals surface area contributed by atoms with Crippen LogP contribution in [0.2, 0.25) is 0 Å². The fraction of sp³-hybridized carbons (Fsp3) is 0.474. The third kappa shape index (κ3) is 2.95. The van der Waals surface area contributed by atoms with Gasteiger partial charge < -0.3 is 22.1 Å². The van der Waals surface area contributed by atoms with Crippen LogP contribution in [0.3, 0.4) is 0 Å². The van der Waals surface area contributed by atoms with Crippen LogP contribution in [0, 0.1) is 0 Å². The zero-order chi connectivity index (χ0) is 15.7. The second-order valence-electron chi connectivity index (χ2n) is 6.75. The van der Waals surface area contributed by atoms with Gasteiger partial charge in [0.05, 0.1) is 12.2 Å². The van der Waals surface area contributed by atoms with Gasteiger partial charge in [0.1, 0.15) is 12.7 Å². The summed E-state index contributed by atoms with van der Waals surface area (Å²) in [6.07, 6.45) is 11.2. The zero-order valence-electron chi connectivity index (χ0n) is 13.8. The van der Waals surface area contributed by atoms with Gasteiger partial charge in [-0.2, -0.15) is 0 Å². The molecule has 1 N–H and O–H groups in total. The molecule has 1 atom stereocenters. The maximum Gasteiger partial charge on any atom is 0.397 e. The Kier molecular flexibility index (Phi) is 5.21. The molecule has 128 valence electrons. The lowest BCUT2D eigenvalue weighted by Crippen LogP contribution is -3.00. The third-order valence-electron chi connectivity index (χ3n) is 5.23. The summed E-state index contributed by atoms with van der Waals surface area (Å²) in [6.45, 7) is 0.538. The first-order chi connectivity index (χ1) is 11.3. The number of benzene rings is 1. The summed E-state index contributed by atoms with van der Waals surface area (Å²) < 4.78 is 2.08. The van der Waals surface area contributed by atoms with E-state index in [-0.39, 0.29) is 17.0 Å². The van der Waals surface area contributed by atoms with Crippen LogP contribution in [0.4, 0.5) is 5.95 Å². The number of anilines is 1. The van der Waals surface area contributed by atoms with Crippen LogP contribution in [0.25, 0.3) is 0 Å². The minimum absolute atomic E-state index is 0. The molecule has 1 saturated carbocycles. The van der Waals surface area contributed by atoms with Crippen LogP contribution < -0.4 is 26.4 Å². The first-order valence-corrected chi connectivity index (χ1v) is 8.71. The van der Waals surface area contributed by atoms with E-state index >= 15 is 0 Å². The molecule has 0 unspecified atom stereocenters. The van der Waals surface area contributed by atoms with Crippen LogP contribution in [0.15, 0.2) is 48.8 Å². The molecule has 24 heavy (non-hydrogen) atoms. The summed E-state index contributed by atoms with van der Waals surface area (Å²) >= 11 is 0. The lowest BCUT2D eigenvalue weighted by Gasteiger charge is -2.34. The second kappa shape index (κ2) is 7.19. The lowest BCUT2D eigenvalue weighted by molar-refractivity contribution is -0.685. The molecule has 0 amide bonds. The van der Waals surface area contributed by atoms with Crippen molar-refractivity contribution < 1.29 is 26.7 Å². The van der Waals surface area contributed by atoms with Crippen molar-refractivity contribution in [3.05, 3.63) is 54.4 Å². The minimum atomic E-state index is -1.00. The third-order valence-corrected chi connectivity index (χ3v) is 5.23. The van der Waals surface area contributed by atoms with Crippen molar-refractivity contribution in [3.8, 4) is 0 Å². The van der Waals surface area contributed by atoms with Crippen LogP contribution in [0.1, 0.15) is 44.1 Å². The molecular weight excluding hydrogens is 366 g/mol. The van der Waals surface area contributed by atoms with Gasteiger partial charge in [-0.15, -0.1) is 0 Å². The van der Waals surface area contributed by atoms with Crippen molar-refractivity contribution in [1.29, 1.82) is 0 Å². The van der Waals surface area contributed by atoms with Crippen LogP contribution >= 0.6 is 0 Å². The number of hydrogen-bond acceptors (Lipinski definition) is 3. The standard InChI is InChI=1S/C19H24N3O.BrH/c23-19(16-9-4-3-5-10-16)15-21-14-8-13-20-18(21)22(19)17-11-6-1-2-7-12-17;/h3-5,8-10,13-14,17,23H,1-2,6-7,11-12,15H2;1H/q+1;/p-1/t19-;/m1./s1. The largest absolute Gasteiger partial charge is 1.00 e. The average Bonchev–Trinajstić information content (AvgIpc) is 2.74. The number of aliphatic hydroxyl groups is 1. The molecule has 4 nitrogen and oxygen atoms in total. The van der Waals surface area contributed by atoms with Gasteiger partial charge in [0, 0.05) is 11.6 Å². The Morgan fingerprint density at radius 1 is 1.04 bits per heavy atom. The molecule has 1 aromatic carbocycles. The topological polar surface area (TPSA) is 40.2 Å². The van der Waals surface area contributed by atoms with Gasteiger partial charge >= 0.3 is 5.95 Å². The van der Waals surface area contributed by atoms with E-state index < -0.39 is 5.72 Å². The van der Waals surface area contributed by atoms with E-state index in [1.807, 2.05) is 48.8 Å². The number of aromatic nitrogens is 2. The summed E-state index contributed by atoms with van der Waals surface area (Å²) in [6, 6.07) is 12.3. The fourth-order valence-electron chi connectivity index (χ4n) is 4.11. The van der Waals surface area contributed by atoms with Crippen molar-refractivity contribution in [2.45, 2.75) is 56.8 Å². The van der Waals surface area contributed by atoms with Crippen molar-refractivity contribution >= 4 is 5.95 Å². The summed E-state index contributed by atoms with van der Waals surface area (Å²) in [5.41, 5.74) is -0.0489. The molecule has 0 radical (unpaired) electrons. The van der Waals surface area contributed by atoms with E-state index in [9.17, 15) is 5.11 Å². The number of hydrogen-bond donors (Lipinski definition) is 1. The first kappa shape index (κ1) is 17.4. The number of nitrogens with zero attached hydrogens (tertiary/aromatic N) is 3. The predicted molar refractivity (Wildman–Crippen MR) is 88.7 cm³/mol. The Morgan fingerprint density at radius 2 is 1.75 bits per heavy atom. The van der Waals surface area contributed by atoms with Gasteiger partial charge in [-0.1, -0.05) is 61.0 Å². The Balaban J connectivity index is 0.00000169. The highest BCUT2D eigenvalue weighted by Gasteiger charge is 2.54. The highest BCUT2D eigenvalue weighted by atomic mass is 79.9. The van der Waals surface area contributed by atoms with Gasteiger partial charge in [-0.05, 0) is 12.8 Å². The van der Waals surface area contributed by atoms with Crippen molar-refractivity contribution in [2.24, 2.45) is 0 Å². The number of rotatable bonds is 2. The fourth-order valence-corrected chi connectivity index (χ4v) is 4.11. The summed E-state index contributed by atoms with van der Waals surface area (Å²) in [7, 11) is 0. The summed E-state index contributed by atoms with van der Waals surface area (Å²) in [5, 5.41) is 11.7. The minimum Gasteiger partial charge on any atom is -1.00 e. The predicted octanol–water partition coefficient (Wildman–Crippen LogP) is -0.239. The molecule has 2 heterocycles. The molecule has 0 saturated heterocycles. The zero-order valence-corrected chi connectivity index (χ0v) is 15.4. The van der Waals surface area contributed by atoms with Crippen molar-refractivity contribution in [2.75, 3.05) is 4.90 Å². The molecule has 1 aliphatic carbocycles. The Morgan fingerprint density at radius 3 is 2.46 bits per heavy atom. The van der Waals surface area contributed by atoms with Gasteiger partial charge in [0.25, 0.3) is 0 Å². The maximum absolute atomic E-state index is 11.7.